The second-order valence-electron chi connectivity index (χ2n) is 7.27. The highest BCUT2D eigenvalue weighted by atomic mass is 35.5. The molecular weight excluding hydrogens is 380 g/mol. The van der Waals surface area contributed by atoms with Crippen LogP contribution < -0.4 is 15.1 Å². The molecule has 1 N–H and O–H groups in total. The van der Waals surface area contributed by atoms with E-state index >= 15 is 0 Å². The molecule has 2 heterocycles. The molecule has 2 fully saturated rings. The Kier molecular flexibility index (Phi) is 5.83. The van der Waals surface area contributed by atoms with E-state index in [9.17, 15) is 4.79 Å². The number of rotatable bonds is 4. The molecule has 0 bridgehead atoms. The Bertz CT molecular complexity index is 765. The van der Waals surface area contributed by atoms with Crippen LogP contribution in [0.25, 0.3) is 0 Å². The van der Waals surface area contributed by atoms with Gasteiger partial charge < -0.3 is 15.1 Å². The Hall–Kier alpha value is -1.79. The summed E-state index contributed by atoms with van der Waals surface area (Å²) in [6, 6.07) is 8.31. The van der Waals surface area contributed by atoms with Gasteiger partial charge in [-0.2, -0.15) is 0 Å². The average molecular weight is 405 g/mol. The maximum absolute atomic E-state index is 12.5. The molecular formula is C20H25ClN4OS. The zero-order valence-electron chi connectivity index (χ0n) is 15.4. The highest BCUT2D eigenvalue weighted by Crippen LogP contribution is 2.25. The van der Waals surface area contributed by atoms with Crippen LogP contribution in [0.2, 0.25) is 5.02 Å². The Morgan fingerprint density at radius 1 is 1.04 bits per heavy atom. The highest BCUT2D eigenvalue weighted by molar-refractivity contribution is 7.13. The van der Waals surface area contributed by atoms with Crippen molar-refractivity contribution >= 4 is 39.7 Å². The predicted molar refractivity (Wildman–Crippen MR) is 112 cm³/mol. The lowest BCUT2D eigenvalue weighted by Gasteiger charge is -2.36. The largest absolute Gasteiger partial charge is 0.368 e. The van der Waals surface area contributed by atoms with Gasteiger partial charge in [0.25, 0.3) is 5.91 Å². The normalized spacial score (nSPS) is 18.6. The minimum atomic E-state index is -0.0239. The number of hydrogen-bond acceptors (Lipinski definition) is 5. The third-order valence-electron chi connectivity index (χ3n) is 5.41. The first-order valence-electron chi connectivity index (χ1n) is 9.71. The Morgan fingerprint density at radius 2 is 1.70 bits per heavy atom. The van der Waals surface area contributed by atoms with Crippen LogP contribution in [-0.4, -0.2) is 43.1 Å². The molecule has 0 atom stereocenters. The van der Waals surface area contributed by atoms with Gasteiger partial charge >= 0.3 is 0 Å². The summed E-state index contributed by atoms with van der Waals surface area (Å²) >= 11 is 7.54. The van der Waals surface area contributed by atoms with Crippen molar-refractivity contribution in [3.8, 4) is 0 Å². The number of aromatic nitrogens is 1. The molecule has 5 nitrogen and oxygen atoms in total. The zero-order valence-corrected chi connectivity index (χ0v) is 16.9. The smallest absolute Gasteiger partial charge is 0.271 e. The summed E-state index contributed by atoms with van der Waals surface area (Å²) in [5.74, 6) is -0.0239. The lowest BCUT2D eigenvalue weighted by Crippen LogP contribution is -2.46. The van der Waals surface area contributed by atoms with E-state index in [1.165, 1.54) is 24.9 Å². The summed E-state index contributed by atoms with van der Waals surface area (Å²) in [7, 11) is 0. The van der Waals surface area contributed by atoms with Gasteiger partial charge in [0.2, 0.25) is 0 Å². The second kappa shape index (κ2) is 8.48. The van der Waals surface area contributed by atoms with Crippen molar-refractivity contribution in [1.29, 1.82) is 0 Å². The molecule has 1 aliphatic heterocycles. The number of thiazole rings is 1. The number of amides is 1. The van der Waals surface area contributed by atoms with Gasteiger partial charge in [-0.15, -0.1) is 11.3 Å². The molecule has 2 aliphatic rings. The first-order valence-corrected chi connectivity index (χ1v) is 11.0. The maximum atomic E-state index is 12.5. The van der Waals surface area contributed by atoms with Gasteiger partial charge in [0, 0.05) is 48.3 Å². The maximum Gasteiger partial charge on any atom is 0.271 e. The standard InChI is InChI=1S/C20H25ClN4OS/c21-15-6-8-17(9-7-15)24-10-12-25(13-11-24)20-23-18(14-27-20)19(26)22-16-4-2-1-3-5-16/h6-9,14,16H,1-5,10-13H2,(H,22,26). The van der Waals surface area contributed by atoms with E-state index in [0.29, 0.717) is 11.7 Å². The second-order valence-corrected chi connectivity index (χ2v) is 8.55. The van der Waals surface area contributed by atoms with E-state index in [0.717, 1.165) is 49.2 Å². The lowest BCUT2D eigenvalue weighted by molar-refractivity contribution is 0.0923. The molecule has 144 valence electrons. The molecule has 4 rings (SSSR count). The van der Waals surface area contributed by atoms with Gasteiger partial charge in [0.15, 0.2) is 5.13 Å². The fourth-order valence-electron chi connectivity index (χ4n) is 3.83. The summed E-state index contributed by atoms with van der Waals surface area (Å²) in [5.41, 5.74) is 1.76. The van der Waals surface area contributed by atoms with Gasteiger partial charge in [-0.05, 0) is 37.1 Å². The number of nitrogens with zero attached hydrogens (tertiary/aromatic N) is 3. The van der Waals surface area contributed by atoms with E-state index in [1.807, 2.05) is 17.5 Å². The van der Waals surface area contributed by atoms with E-state index in [-0.39, 0.29) is 5.91 Å². The van der Waals surface area contributed by atoms with Crippen LogP contribution in [0.5, 0.6) is 0 Å². The van der Waals surface area contributed by atoms with Crippen molar-refractivity contribution in [2.24, 2.45) is 0 Å². The fourth-order valence-corrected chi connectivity index (χ4v) is 4.81. The van der Waals surface area contributed by atoms with E-state index in [2.05, 4.69) is 32.2 Å². The van der Waals surface area contributed by atoms with Crippen molar-refractivity contribution in [1.82, 2.24) is 10.3 Å². The summed E-state index contributed by atoms with van der Waals surface area (Å²) in [6.45, 7) is 3.68. The molecule has 0 radical (unpaired) electrons. The van der Waals surface area contributed by atoms with E-state index < -0.39 is 0 Å². The molecule has 1 saturated carbocycles. The third-order valence-corrected chi connectivity index (χ3v) is 6.56. The van der Waals surface area contributed by atoms with Crippen LogP contribution in [0.15, 0.2) is 29.6 Å². The number of hydrogen-bond donors (Lipinski definition) is 1. The number of halogens is 1. The molecule has 0 spiro atoms. The van der Waals surface area contributed by atoms with Crippen LogP contribution in [0, 0.1) is 0 Å². The van der Waals surface area contributed by atoms with Gasteiger partial charge in [0.1, 0.15) is 5.69 Å². The number of nitrogens with one attached hydrogen (secondary N) is 1. The zero-order chi connectivity index (χ0) is 18.6. The number of piperazine rings is 1. The summed E-state index contributed by atoms with van der Waals surface area (Å²) in [6.07, 6.45) is 5.90. The van der Waals surface area contributed by atoms with Crippen molar-refractivity contribution in [3.05, 3.63) is 40.4 Å². The number of benzene rings is 1. The van der Waals surface area contributed by atoms with Gasteiger partial charge in [0.05, 0.1) is 0 Å². The Labute approximate surface area is 169 Å². The SMILES string of the molecule is O=C(NC1CCCCC1)c1csc(N2CCN(c3ccc(Cl)cc3)CC2)n1. The summed E-state index contributed by atoms with van der Waals surface area (Å²) in [4.78, 5) is 21.7. The predicted octanol–water partition coefficient (Wildman–Crippen LogP) is 4.19. The van der Waals surface area contributed by atoms with Crippen LogP contribution in [0.4, 0.5) is 10.8 Å². The minimum absolute atomic E-state index is 0.0239. The first-order chi connectivity index (χ1) is 13.2. The average Bonchev–Trinajstić information content (AvgIpc) is 3.20. The van der Waals surface area contributed by atoms with Crippen LogP contribution in [-0.2, 0) is 0 Å². The van der Waals surface area contributed by atoms with Gasteiger partial charge in [-0.3, -0.25) is 4.79 Å². The first kappa shape index (κ1) is 18.6. The third kappa shape index (κ3) is 4.55. The van der Waals surface area contributed by atoms with Crippen molar-refractivity contribution in [2.75, 3.05) is 36.0 Å². The molecule has 27 heavy (non-hydrogen) atoms. The van der Waals surface area contributed by atoms with Gasteiger partial charge in [-0.25, -0.2) is 4.98 Å². The summed E-state index contributed by atoms with van der Waals surface area (Å²) in [5, 5.41) is 6.75. The fraction of sp³-hybridized carbons (Fsp3) is 0.500. The topological polar surface area (TPSA) is 48.5 Å². The number of carbonyl (C=O) groups excluding carboxylic acids is 1. The molecule has 1 aromatic heterocycles. The van der Waals surface area contributed by atoms with E-state index in [4.69, 9.17) is 11.6 Å². The molecule has 1 saturated heterocycles. The monoisotopic (exact) mass is 404 g/mol. The highest BCUT2D eigenvalue weighted by Gasteiger charge is 2.22. The Balaban J connectivity index is 1.32. The van der Waals surface area contributed by atoms with Crippen molar-refractivity contribution in [3.63, 3.8) is 0 Å². The van der Waals surface area contributed by atoms with Gasteiger partial charge in [-0.1, -0.05) is 30.9 Å². The molecule has 2 aromatic rings. The number of carbonyl (C=O) groups is 1. The van der Waals surface area contributed by atoms with Crippen molar-refractivity contribution in [2.45, 2.75) is 38.1 Å². The van der Waals surface area contributed by atoms with Crippen molar-refractivity contribution < 1.29 is 4.79 Å². The Morgan fingerprint density at radius 3 is 2.41 bits per heavy atom. The summed E-state index contributed by atoms with van der Waals surface area (Å²) < 4.78 is 0. The molecule has 7 heteroatoms. The molecule has 1 aromatic carbocycles. The van der Waals surface area contributed by atoms with Crippen LogP contribution in [0.1, 0.15) is 42.6 Å². The molecule has 0 unspecified atom stereocenters. The number of anilines is 2. The quantitative estimate of drug-likeness (QED) is 0.830. The van der Waals surface area contributed by atoms with Crippen LogP contribution in [0.3, 0.4) is 0 Å². The lowest BCUT2D eigenvalue weighted by atomic mass is 9.95. The molecule has 1 amide bonds. The van der Waals surface area contributed by atoms with E-state index in [1.54, 1.807) is 11.3 Å². The van der Waals surface area contributed by atoms with Crippen LogP contribution >= 0.6 is 22.9 Å². The minimum Gasteiger partial charge on any atom is -0.368 e. The molecule has 1 aliphatic carbocycles.